The summed E-state index contributed by atoms with van der Waals surface area (Å²) in [5.41, 5.74) is 0. The van der Waals surface area contributed by atoms with Crippen LogP contribution in [0.25, 0.3) is 0 Å². The number of nitrogens with one attached hydrogen (secondary N) is 2. The first-order chi connectivity index (χ1) is 42.8. The molecule has 530 valence electrons. The summed E-state index contributed by atoms with van der Waals surface area (Å²) < 4.78 is 65.2. The zero-order chi connectivity index (χ0) is 68.0. The van der Waals surface area contributed by atoms with Gasteiger partial charge in [0.15, 0.2) is 37.7 Å². The van der Waals surface area contributed by atoms with Crippen LogP contribution in [0.3, 0.4) is 0 Å². The molecule has 42 nitrogen and oxygen atoms in total. The first-order valence-electron chi connectivity index (χ1n) is 28.3. The standard InChI is InChI=1S/C26H45NO21.C23H39NO19/c1-6(32)27-11-14(35)20(46-25-18(39)15(36)12(33)7(2-28)43-25)10(5-31)45-24(11)48-22-13(34)8(3-29)44-26(19(22)40)47-21-9(4-30)42-23(41)17(38)16(21)37;1-6(27)24-11-7(28)2-23(22(37)38,43-19(11)12(30)8(29)3-25)39-5-10-13(31)14(32)17(35)21(41-10)42-18-9(4-26)40-20(36)16(34)15(18)33/h7-26,28-31,33-41H,2-5H2,1H3,(H,27,32);7-21,25-26,28-36H,2-5H2,1H3,(H,24,27)(H,37,38)/t7-,8-,9-,10-,11-,12+,13+,14-,15+,16-,17-,18-,19-,20-,21-,22+,23?,24+,25+,26+;7-,8+,9+,10+,11+,12+,13-,14-,15+,16+,17+,18+,19+,20?,21-,23+/m10/s1. The van der Waals surface area contributed by atoms with Gasteiger partial charge in [0, 0.05) is 20.3 Å². The number of amides is 2. The first kappa shape index (κ1) is 77.0. The first-order valence-corrected chi connectivity index (χ1v) is 28.3. The summed E-state index contributed by atoms with van der Waals surface area (Å²) in [7, 11) is 0. The number of aliphatic carboxylic acids is 1. The van der Waals surface area contributed by atoms with E-state index in [0.717, 1.165) is 13.8 Å². The Morgan fingerprint density at radius 1 is 0.440 bits per heavy atom. The molecule has 27 N–H and O–H groups in total. The van der Waals surface area contributed by atoms with Crippen LogP contribution in [0.2, 0.25) is 0 Å². The molecule has 0 radical (unpaired) electrons. The minimum Gasteiger partial charge on any atom is -0.477 e. The Balaban J connectivity index is 0.000000291. The fourth-order valence-corrected chi connectivity index (χ4v) is 11.0. The predicted octanol–water partition coefficient (Wildman–Crippen LogP) is -17.8. The predicted molar refractivity (Wildman–Crippen MR) is 276 cm³/mol. The van der Waals surface area contributed by atoms with Crippen molar-refractivity contribution in [3.63, 3.8) is 0 Å². The van der Waals surface area contributed by atoms with Gasteiger partial charge in [-0.05, 0) is 0 Å². The number of ether oxygens (including phenoxy) is 12. The summed E-state index contributed by atoms with van der Waals surface area (Å²) in [6.45, 7) is -4.14. The average molecular weight is 1340 g/mol. The number of hydrogen-bond acceptors (Lipinski definition) is 39. The van der Waals surface area contributed by atoms with Crippen LogP contribution >= 0.6 is 0 Å². The topological polar surface area (TPSA) is 692 Å². The third-order valence-electron chi connectivity index (χ3n) is 16.1. The monoisotopic (exact) mass is 1340 g/mol. The molecule has 7 fully saturated rings. The van der Waals surface area contributed by atoms with Crippen molar-refractivity contribution in [2.45, 2.75) is 241 Å². The highest BCUT2D eigenvalue weighted by Gasteiger charge is 2.59. The maximum absolute atomic E-state index is 12.3. The molecule has 7 aliphatic rings. The molecule has 0 saturated carbocycles. The van der Waals surface area contributed by atoms with E-state index in [1.807, 2.05) is 0 Å². The van der Waals surface area contributed by atoms with Crippen molar-refractivity contribution in [2.75, 3.05) is 46.2 Å². The van der Waals surface area contributed by atoms with Crippen LogP contribution in [-0.4, -0.2) is 412 Å². The van der Waals surface area contributed by atoms with Crippen molar-refractivity contribution in [1.82, 2.24) is 10.6 Å². The molecule has 0 aromatic rings. The fourth-order valence-electron chi connectivity index (χ4n) is 11.0. The number of carbonyl (C=O) groups is 3. The van der Waals surface area contributed by atoms with Gasteiger partial charge in [-0.15, -0.1) is 0 Å². The van der Waals surface area contributed by atoms with Crippen molar-refractivity contribution < 1.29 is 199 Å². The van der Waals surface area contributed by atoms with Crippen molar-refractivity contribution in [2.24, 2.45) is 0 Å². The minimum absolute atomic E-state index is 0.719. The molecule has 91 heavy (non-hydrogen) atoms. The van der Waals surface area contributed by atoms with Gasteiger partial charge in [-0.3, -0.25) is 9.59 Å². The lowest BCUT2D eigenvalue weighted by Gasteiger charge is -2.49. The highest BCUT2D eigenvalue weighted by molar-refractivity contribution is 5.76. The third-order valence-corrected chi connectivity index (χ3v) is 16.1. The Morgan fingerprint density at radius 2 is 0.824 bits per heavy atom. The molecule has 42 heteroatoms. The summed E-state index contributed by atoms with van der Waals surface area (Å²) >= 11 is 0. The molecule has 7 heterocycles. The van der Waals surface area contributed by atoms with Crippen molar-refractivity contribution in [1.29, 1.82) is 0 Å². The molecule has 2 unspecified atom stereocenters. The Bertz CT molecular complexity index is 2270. The van der Waals surface area contributed by atoms with Gasteiger partial charge >= 0.3 is 5.97 Å². The molecule has 0 bridgehead atoms. The number of rotatable bonds is 22. The average Bonchev–Trinajstić information content (AvgIpc) is 0.883. The molecule has 0 aliphatic carbocycles. The van der Waals surface area contributed by atoms with Gasteiger partial charge in [-0.2, -0.15) is 0 Å². The van der Waals surface area contributed by atoms with E-state index in [-0.39, 0.29) is 0 Å². The number of carboxylic acids is 1. The Hall–Kier alpha value is -3.03. The molecular weight excluding hydrogens is 1260 g/mol. The van der Waals surface area contributed by atoms with E-state index in [1.165, 1.54) is 0 Å². The van der Waals surface area contributed by atoms with E-state index in [9.17, 15) is 142 Å². The Kier molecular flexibility index (Phi) is 28.2. The molecule has 0 aromatic carbocycles. The number of aliphatic hydroxyl groups is 24. The summed E-state index contributed by atoms with van der Waals surface area (Å²) in [5, 5.41) is 259. The molecule has 0 aromatic heterocycles. The van der Waals surface area contributed by atoms with Gasteiger partial charge in [-0.25, -0.2) is 4.79 Å². The minimum atomic E-state index is -2.83. The van der Waals surface area contributed by atoms with Crippen LogP contribution in [0, 0.1) is 0 Å². The zero-order valence-electron chi connectivity index (χ0n) is 48.2. The van der Waals surface area contributed by atoms with E-state index in [2.05, 4.69) is 10.6 Å². The quantitative estimate of drug-likeness (QED) is 0.0479. The van der Waals surface area contributed by atoms with E-state index >= 15 is 0 Å². The van der Waals surface area contributed by atoms with Crippen molar-refractivity contribution in [3.05, 3.63) is 0 Å². The fraction of sp³-hybridized carbons (Fsp3) is 0.939. The van der Waals surface area contributed by atoms with Gasteiger partial charge < -0.3 is 195 Å². The lowest BCUT2D eigenvalue weighted by atomic mass is 9.88. The number of hydrogen-bond donors (Lipinski definition) is 27. The van der Waals surface area contributed by atoms with Gasteiger partial charge in [0.25, 0.3) is 5.79 Å². The third kappa shape index (κ3) is 17.2. The van der Waals surface area contributed by atoms with Crippen LogP contribution in [0.4, 0.5) is 0 Å². The highest BCUT2D eigenvalue weighted by Crippen LogP contribution is 2.38. The molecule has 2 amide bonds. The second kappa shape index (κ2) is 33.3. The lowest BCUT2D eigenvalue weighted by molar-refractivity contribution is -0.380. The van der Waals surface area contributed by atoms with E-state index in [4.69, 9.17) is 56.8 Å². The van der Waals surface area contributed by atoms with E-state index in [0.29, 0.717) is 0 Å². The van der Waals surface area contributed by atoms with Crippen LogP contribution in [-0.2, 0) is 71.2 Å². The number of carboxylic acid groups (broad SMARTS) is 1. The van der Waals surface area contributed by atoms with Gasteiger partial charge in [0.05, 0.1) is 58.4 Å². The smallest absolute Gasteiger partial charge is 0.364 e. The SMILES string of the molecule is CC(=O)N[C@H]1[C@H](O[C@H]2[C@@H](O)[C@@H](CO)O[C@@H](O[C@H]3[C@H](O)[C@@H](O)C(O)O[C@@H]3CO)[C@@H]2O)O[C@H](CO)[C@@H](O[C@@H]2O[C@H](CO)[C@H](O)[C@H](O)[C@H]2O)[C@@H]1O.CC(=O)N[C@H]1[C@H]([C@H](O)[C@H](O)CO)O[C@@](OC[C@H]2O[C@@H](O[C@H]3[C@H](O)[C@@H](O)C(O)O[C@@H]3CO)[C@H](O)[C@@H](O)[C@H]2O)(C(=O)O)C[C@@H]1O. The normalized spacial score (nSPS) is 47.9. The highest BCUT2D eigenvalue weighted by atomic mass is 16.8. The maximum atomic E-state index is 12.3. The summed E-state index contributed by atoms with van der Waals surface area (Å²) in [5.74, 6) is -6.17. The molecule has 7 aliphatic heterocycles. The molecule has 0 spiro atoms. The van der Waals surface area contributed by atoms with Gasteiger partial charge in [-0.1, -0.05) is 0 Å². The zero-order valence-corrected chi connectivity index (χ0v) is 48.2. The van der Waals surface area contributed by atoms with Crippen LogP contribution in [0.1, 0.15) is 20.3 Å². The number of aliphatic hydroxyl groups excluding tert-OH is 24. The van der Waals surface area contributed by atoms with Crippen LogP contribution < -0.4 is 10.6 Å². The molecule has 7 rings (SSSR count). The molecular formula is C49H84N2O40. The Morgan fingerprint density at radius 3 is 1.26 bits per heavy atom. The number of carbonyl (C=O) groups excluding carboxylic acids is 2. The summed E-state index contributed by atoms with van der Waals surface area (Å²) in [6.07, 6.45) is -60.4. The summed E-state index contributed by atoms with van der Waals surface area (Å²) in [6, 6.07) is -3.09. The van der Waals surface area contributed by atoms with Crippen LogP contribution in [0.5, 0.6) is 0 Å². The van der Waals surface area contributed by atoms with Crippen LogP contribution in [0.15, 0.2) is 0 Å². The Labute approximate surface area is 513 Å². The molecule has 7 saturated heterocycles. The second-order valence-electron chi connectivity index (χ2n) is 22.4. The van der Waals surface area contributed by atoms with Gasteiger partial charge in [0.1, 0.15) is 165 Å². The lowest BCUT2D eigenvalue weighted by Crippen LogP contribution is -2.69. The molecule has 36 atom stereocenters. The second-order valence-corrected chi connectivity index (χ2v) is 22.4. The van der Waals surface area contributed by atoms with E-state index < -0.39 is 291 Å². The summed E-state index contributed by atoms with van der Waals surface area (Å²) in [4.78, 5) is 36.2. The largest absolute Gasteiger partial charge is 0.477 e. The van der Waals surface area contributed by atoms with E-state index in [1.54, 1.807) is 0 Å². The van der Waals surface area contributed by atoms with Gasteiger partial charge in [0.2, 0.25) is 11.8 Å². The van der Waals surface area contributed by atoms with Crippen molar-refractivity contribution >= 4 is 17.8 Å². The van der Waals surface area contributed by atoms with Crippen molar-refractivity contribution in [3.8, 4) is 0 Å². The maximum Gasteiger partial charge on any atom is 0.364 e.